The Kier molecular flexibility index (Phi) is 7.85. The molecule has 1 heterocycles. The topological polar surface area (TPSA) is 77.1 Å². The van der Waals surface area contributed by atoms with Crippen molar-refractivity contribution in [1.29, 1.82) is 0 Å². The molecule has 11 heteroatoms. The average molecular weight is 510 g/mol. The molecule has 1 aliphatic heterocycles. The molecule has 1 saturated heterocycles. The highest BCUT2D eigenvalue weighted by molar-refractivity contribution is 5.84. The maximum atomic E-state index is 13.9. The number of likely N-dealkylation sites (tertiary alicyclic amines) is 1. The van der Waals surface area contributed by atoms with Gasteiger partial charge in [0.05, 0.1) is 13.7 Å². The number of hydrogen-bond donors (Lipinski definition) is 1. The fraction of sp³-hybridized carbons (Fsp3) is 0.440. The number of alkyl halides is 2. The van der Waals surface area contributed by atoms with E-state index in [-0.39, 0.29) is 42.5 Å². The van der Waals surface area contributed by atoms with E-state index in [4.69, 9.17) is 9.47 Å². The molecule has 2 aromatic rings. The Bertz CT molecular complexity index is 1110. The molecule has 194 valence electrons. The number of nitrogens with one attached hydrogen (secondary N) is 1. The van der Waals surface area contributed by atoms with Crippen molar-refractivity contribution in [2.24, 2.45) is 5.92 Å². The van der Waals surface area contributed by atoms with Crippen molar-refractivity contribution in [3.05, 3.63) is 59.2 Å². The van der Waals surface area contributed by atoms with Gasteiger partial charge in [-0.2, -0.15) is 8.78 Å². The van der Waals surface area contributed by atoms with Crippen LogP contribution in [0.1, 0.15) is 36.3 Å². The number of ether oxygens (including phenoxy) is 3. The number of amides is 2. The van der Waals surface area contributed by atoms with Crippen LogP contribution in [0.5, 0.6) is 11.5 Å². The zero-order valence-corrected chi connectivity index (χ0v) is 19.5. The number of urea groups is 1. The smallest absolute Gasteiger partial charge is 0.387 e. The van der Waals surface area contributed by atoms with Crippen LogP contribution in [0.25, 0.3) is 0 Å². The highest BCUT2D eigenvalue weighted by atomic mass is 19.3. The first-order valence-corrected chi connectivity index (χ1v) is 11.5. The van der Waals surface area contributed by atoms with Crippen molar-refractivity contribution < 1.29 is 41.4 Å². The number of nitrogens with zero attached hydrogens (tertiary/aromatic N) is 1. The summed E-state index contributed by atoms with van der Waals surface area (Å²) in [5.74, 6) is -2.02. The summed E-state index contributed by atoms with van der Waals surface area (Å²) in [5, 5.41) is 2.55. The van der Waals surface area contributed by atoms with Gasteiger partial charge in [0.1, 0.15) is 17.7 Å². The number of halogens is 4. The monoisotopic (exact) mass is 510 g/mol. The van der Waals surface area contributed by atoms with E-state index >= 15 is 0 Å². The molecular formula is C25H26F4N2O5. The molecule has 1 N–H and O–H groups in total. The predicted octanol–water partition coefficient (Wildman–Crippen LogP) is 4.60. The van der Waals surface area contributed by atoms with Gasteiger partial charge in [0.15, 0.2) is 11.5 Å². The van der Waals surface area contributed by atoms with Gasteiger partial charge in [-0.3, -0.25) is 0 Å². The Morgan fingerprint density at radius 3 is 2.56 bits per heavy atom. The first-order valence-electron chi connectivity index (χ1n) is 11.5. The molecule has 2 unspecified atom stereocenters. The second kappa shape index (κ2) is 11.0. The largest absolute Gasteiger partial charge is 0.489 e. The van der Waals surface area contributed by atoms with Gasteiger partial charge in [-0.1, -0.05) is 12.1 Å². The molecule has 4 rings (SSSR count). The Hall–Kier alpha value is -3.50. The molecule has 1 aliphatic carbocycles. The van der Waals surface area contributed by atoms with Crippen molar-refractivity contribution in [2.75, 3.05) is 20.3 Å². The molecule has 2 aromatic carbocycles. The zero-order valence-electron chi connectivity index (χ0n) is 19.5. The van der Waals surface area contributed by atoms with Gasteiger partial charge in [0.25, 0.3) is 0 Å². The molecule has 0 spiro atoms. The number of hydrogen-bond acceptors (Lipinski definition) is 5. The van der Waals surface area contributed by atoms with E-state index in [1.165, 1.54) is 24.1 Å². The SMILES string of the molecule is COC(=O)C1CC(c2ccc(OC(F)F)c(OCC3CC3)c2)CN1C(=O)NCc1ccc(F)cc1F. The fourth-order valence-corrected chi connectivity index (χ4v) is 4.18. The summed E-state index contributed by atoms with van der Waals surface area (Å²) in [6.07, 6.45) is 2.25. The lowest BCUT2D eigenvalue weighted by molar-refractivity contribution is -0.144. The molecule has 0 bridgehead atoms. The minimum absolute atomic E-state index is 0.0854. The third-order valence-corrected chi connectivity index (χ3v) is 6.31. The van der Waals surface area contributed by atoms with Crippen molar-refractivity contribution in [1.82, 2.24) is 10.2 Å². The first-order chi connectivity index (χ1) is 17.2. The second-order valence-electron chi connectivity index (χ2n) is 8.86. The summed E-state index contributed by atoms with van der Waals surface area (Å²) in [5.41, 5.74) is 0.762. The number of rotatable bonds is 9. The Morgan fingerprint density at radius 1 is 1.11 bits per heavy atom. The number of carbonyl (C=O) groups excluding carboxylic acids is 2. The van der Waals surface area contributed by atoms with Crippen LogP contribution in [0.3, 0.4) is 0 Å². The van der Waals surface area contributed by atoms with Crippen molar-refractivity contribution in [2.45, 2.75) is 44.4 Å². The number of esters is 1. The molecule has 7 nitrogen and oxygen atoms in total. The van der Waals surface area contributed by atoms with Crippen LogP contribution < -0.4 is 14.8 Å². The highest BCUT2D eigenvalue weighted by Gasteiger charge is 2.41. The summed E-state index contributed by atoms with van der Waals surface area (Å²) in [4.78, 5) is 26.6. The highest BCUT2D eigenvalue weighted by Crippen LogP contribution is 2.39. The molecule has 2 aliphatic rings. The maximum Gasteiger partial charge on any atom is 0.387 e. The van der Waals surface area contributed by atoms with Crippen LogP contribution in [0.4, 0.5) is 22.4 Å². The average Bonchev–Trinajstić information content (AvgIpc) is 3.57. The quantitative estimate of drug-likeness (QED) is 0.394. The minimum Gasteiger partial charge on any atom is -0.489 e. The van der Waals surface area contributed by atoms with Gasteiger partial charge < -0.3 is 24.4 Å². The van der Waals surface area contributed by atoms with Crippen molar-refractivity contribution >= 4 is 12.0 Å². The molecule has 2 atom stereocenters. The van der Waals surface area contributed by atoms with Crippen molar-refractivity contribution in [3.8, 4) is 11.5 Å². The van der Waals surface area contributed by atoms with Crippen molar-refractivity contribution in [3.63, 3.8) is 0 Å². The molecule has 1 saturated carbocycles. The third kappa shape index (κ3) is 6.19. The number of benzene rings is 2. The lowest BCUT2D eigenvalue weighted by Gasteiger charge is -2.23. The van der Waals surface area contributed by atoms with Gasteiger partial charge in [-0.25, -0.2) is 18.4 Å². The van der Waals surface area contributed by atoms with Crippen LogP contribution in [-0.2, 0) is 16.1 Å². The lowest BCUT2D eigenvalue weighted by Crippen LogP contribution is -2.46. The van der Waals surface area contributed by atoms with E-state index < -0.39 is 36.3 Å². The van der Waals surface area contributed by atoms with Gasteiger partial charge in [0, 0.05) is 30.6 Å². The maximum absolute atomic E-state index is 13.9. The Labute approximate surface area is 205 Å². The van der Waals surface area contributed by atoms with E-state index in [2.05, 4.69) is 10.1 Å². The molecular weight excluding hydrogens is 484 g/mol. The minimum atomic E-state index is -3.01. The summed E-state index contributed by atoms with van der Waals surface area (Å²) in [6.45, 7) is -2.72. The van der Waals surface area contributed by atoms with Gasteiger partial charge in [-0.15, -0.1) is 0 Å². The second-order valence-corrected chi connectivity index (χ2v) is 8.86. The standard InChI is InChI=1S/C25H26F4N2O5/c1-34-23(32)20-8-17(12-31(20)25(33)30-11-16-4-6-18(26)10-19(16)27)15-5-7-21(36-24(28)29)22(9-15)35-13-14-2-3-14/h4-7,9-10,14,17,20,24H,2-3,8,11-13H2,1H3,(H,30,33). The van der Waals surface area contributed by atoms with Gasteiger partial charge in [-0.05, 0) is 48.9 Å². The summed E-state index contributed by atoms with van der Waals surface area (Å²) >= 11 is 0. The molecule has 2 fully saturated rings. The van der Waals surface area contributed by atoms with Crippen LogP contribution >= 0.6 is 0 Å². The zero-order chi connectivity index (χ0) is 25.8. The van der Waals surface area contributed by atoms with E-state index in [9.17, 15) is 27.2 Å². The Balaban J connectivity index is 1.50. The van der Waals surface area contributed by atoms with Crippen LogP contribution in [0, 0.1) is 17.6 Å². The summed E-state index contributed by atoms with van der Waals surface area (Å²) < 4.78 is 68.0. The predicted molar refractivity (Wildman–Crippen MR) is 120 cm³/mol. The molecule has 2 amide bonds. The van der Waals surface area contributed by atoms with Gasteiger partial charge >= 0.3 is 18.6 Å². The number of methoxy groups -OCH3 is 1. The first kappa shape index (κ1) is 25.6. The lowest BCUT2D eigenvalue weighted by atomic mass is 9.96. The normalized spacial score (nSPS) is 19.3. The molecule has 0 radical (unpaired) electrons. The van der Waals surface area contributed by atoms with Crippen LogP contribution in [0.2, 0.25) is 0 Å². The summed E-state index contributed by atoms with van der Waals surface area (Å²) in [6, 6.07) is 6.06. The van der Waals surface area contributed by atoms with Crippen LogP contribution in [-0.4, -0.2) is 49.8 Å². The molecule has 36 heavy (non-hydrogen) atoms. The van der Waals surface area contributed by atoms with E-state index in [1.807, 2.05) is 0 Å². The Morgan fingerprint density at radius 2 is 1.89 bits per heavy atom. The van der Waals surface area contributed by atoms with Gasteiger partial charge in [0.2, 0.25) is 0 Å². The third-order valence-electron chi connectivity index (χ3n) is 6.31. The summed E-state index contributed by atoms with van der Waals surface area (Å²) in [7, 11) is 1.21. The van der Waals surface area contributed by atoms with E-state index in [0.717, 1.165) is 25.0 Å². The molecule has 0 aromatic heterocycles. The van der Waals surface area contributed by atoms with E-state index in [1.54, 1.807) is 12.1 Å². The van der Waals surface area contributed by atoms with Crippen LogP contribution in [0.15, 0.2) is 36.4 Å². The number of carbonyl (C=O) groups is 2. The fourth-order valence-electron chi connectivity index (χ4n) is 4.18. The van der Waals surface area contributed by atoms with E-state index in [0.29, 0.717) is 18.1 Å².